The fourth-order valence-corrected chi connectivity index (χ4v) is 4.41. The maximum Gasteiger partial charge on any atom is 0.171 e. The van der Waals surface area contributed by atoms with Crippen LogP contribution in [0.15, 0.2) is 75.2 Å². The minimum absolute atomic E-state index is 0.146. The summed E-state index contributed by atoms with van der Waals surface area (Å²) >= 11 is 13.4. The van der Waals surface area contributed by atoms with Gasteiger partial charge in [0.1, 0.15) is 5.76 Å². The molecule has 0 amide bonds. The summed E-state index contributed by atoms with van der Waals surface area (Å²) in [6, 6.07) is 16.4. The lowest BCUT2D eigenvalue weighted by molar-refractivity contribution is 0.0912. The average Bonchev–Trinajstić information content (AvgIpc) is 3.31. The van der Waals surface area contributed by atoms with Gasteiger partial charge in [0, 0.05) is 4.91 Å². The molecule has 0 bridgehead atoms. The topological polar surface area (TPSA) is 69.2 Å². The first-order valence-corrected chi connectivity index (χ1v) is 10.3. The number of aliphatic imine (C=N–C) groups is 1. The third-order valence-corrected chi connectivity index (χ3v) is 5.89. The lowest BCUT2D eigenvalue weighted by Gasteiger charge is -2.20. The molecule has 1 aliphatic heterocycles. The Hall–Kier alpha value is -2.38. The van der Waals surface area contributed by atoms with Crippen LogP contribution in [-0.4, -0.2) is 26.5 Å². The van der Waals surface area contributed by atoms with Gasteiger partial charge < -0.3 is 19.5 Å². The van der Waals surface area contributed by atoms with Crippen LogP contribution in [-0.2, 0) is 6.54 Å². The molecule has 2 N–H and O–H groups in total. The SMILES string of the molecule is Oc1c(Cl)cc(/C=C2\S/C(=N\c3ccccc3)N(Cc3ccco3)C2O)cc1Cl. The van der Waals surface area contributed by atoms with Crippen molar-refractivity contribution in [1.82, 2.24) is 4.90 Å². The van der Waals surface area contributed by atoms with Crippen molar-refractivity contribution in [3.05, 3.63) is 87.1 Å². The molecule has 4 rings (SSSR count). The van der Waals surface area contributed by atoms with Crippen molar-refractivity contribution in [3.63, 3.8) is 0 Å². The van der Waals surface area contributed by atoms with Gasteiger partial charge in [0.2, 0.25) is 0 Å². The Kier molecular flexibility index (Phi) is 5.87. The molecule has 5 nitrogen and oxygen atoms in total. The van der Waals surface area contributed by atoms with Crippen molar-refractivity contribution in [3.8, 4) is 5.75 Å². The van der Waals surface area contributed by atoms with Gasteiger partial charge in [-0.2, -0.15) is 0 Å². The van der Waals surface area contributed by atoms with Crippen LogP contribution in [0.25, 0.3) is 6.08 Å². The quantitative estimate of drug-likeness (QED) is 0.522. The molecule has 0 spiro atoms. The van der Waals surface area contributed by atoms with E-state index in [1.807, 2.05) is 36.4 Å². The Balaban J connectivity index is 1.70. The van der Waals surface area contributed by atoms with E-state index >= 15 is 0 Å². The molecule has 3 aromatic rings. The second kappa shape index (κ2) is 8.55. The molecule has 1 fully saturated rings. The summed E-state index contributed by atoms with van der Waals surface area (Å²) in [4.78, 5) is 7.09. The van der Waals surface area contributed by atoms with Crippen LogP contribution < -0.4 is 0 Å². The Labute approximate surface area is 181 Å². The number of halogens is 2. The van der Waals surface area contributed by atoms with E-state index in [2.05, 4.69) is 4.99 Å². The van der Waals surface area contributed by atoms with Gasteiger partial charge in [0.05, 0.1) is 28.5 Å². The van der Waals surface area contributed by atoms with E-state index in [1.54, 1.807) is 35.4 Å². The summed E-state index contributed by atoms with van der Waals surface area (Å²) in [6.45, 7) is 0.362. The standard InChI is InChI=1S/C21H16Cl2N2O3S/c22-16-9-13(10-17(23)19(16)26)11-18-20(27)25(12-15-7-4-8-28-15)21(29-18)24-14-5-2-1-3-6-14/h1-11,20,26-27H,12H2/b18-11-,24-21-. The first-order chi connectivity index (χ1) is 14.0. The van der Waals surface area contributed by atoms with Gasteiger partial charge in [-0.25, -0.2) is 4.99 Å². The van der Waals surface area contributed by atoms with Gasteiger partial charge in [-0.15, -0.1) is 0 Å². The van der Waals surface area contributed by atoms with E-state index in [9.17, 15) is 10.2 Å². The lowest BCUT2D eigenvalue weighted by Crippen LogP contribution is -2.32. The Morgan fingerprint density at radius 3 is 2.48 bits per heavy atom. The van der Waals surface area contributed by atoms with Crippen LogP contribution in [0.2, 0.25) is 10.0 Å². The molecule has 29 heavy (non-hydrogen) atoms. The van der Waals surface area contributed by atoms with Crippen LogP contribution >= 0.6 is 35.0 Å². The summed E-state index contributed by atoms with van der Waals surface area (Å²) in [7, 11) is 0. The number of aliphatic hydroxyl groups excluding tert-OH is 1. The average molecular weight is 447 g/mol. The molecule has 0 radical (unpaired) electrons. The third kappa shape index (κ3) is 4.46. The lowest BCUT2D eigenvalue weighted by atomic mass is 10.2. The van der Waals surface area contributed by atoms with Crippen molar-refractivity contribution in [2.75, 3.05) is 0 Å². The van der Waals surface area contributed by atoms with Crippen LogP contribution in [0.5, 0.6) is 5.75 Å². The smallest absolute Gasteiger partial charge is 0.171 e. The first kappa shape index (κ1) is 19.9. The van der Waals surface area contributed by atoms with E-state index in [-0.39, 0.29) is 15.8 Å². The largest absolute Gasteiger partial charge is 0.505 e. The van der Waals surface area contributed by atoms with Gasteiger partial charge in [-0.1, -0.05) is 53.2 Å². The summed E-state index contributed by atoms with van der Waals surface area (Å²) < 4.78 is 5.44. The number of aliphatic hydroxyl groups is 1. The number of para-hydroxylation sites is 1. The molecule has 0 aliphatic carbocycles. The highest BCUT2D eigenvalue weighted by Crippen LogP contribution is 2.39. The van der Waals surface area contributed by atoms with Crippen LogP contribution in [0.4, 0.5) is 5.69 Å². The molecule has 1 saturated heterocycles. The number of hydrogen-bond acceptors (Lipinski definition) is 5. The van der Waals surface area contributed by atoms with Crippen molar-refractivity contribution >= 4 is 51.9 Å². The molecule has 8 heteroatoms. The number of furan rings is 1. The monoisotopic (exact) mass is 446 g/mol. The minimum Gasteiger partial charge on any atom is -0.505 e. The summed E-state index contributed by atoms with van der Waals surface area (Å²) in [6.07, 6.45) is 2.45. The molecular formula is C21H16Cl2N2O3S. The second-order valence-electron chi connectivity index (χ2n) is 6.29. The number of rotatable bonds is 4. The Morgan fingerprint density at radius 1 is 1.10 bits per heavy atom. The molecule has 2 heterocycles. The Bertz CT molecular complexity index is 1050. The van der Waals surface area contributed by atoms with Crippen LogP contribution in [0.1, 0.15) is 11.3 Å². The zero-order valence-electron chi connectivity index (χ0n) is 15.0. The maximum absolute atomic E-state index is 10.9. The van der Waals surface area contributed by atoms with Crippen molar-refractivity contribution < 1.29 is 14.6 Å². The number of nitrogens with zero attached hydrogens (tertiary/aromatic N) is 2. The number of benzene rings is 2. The van der Waals surface area contributed by atoms with Gasteiger partial charge >= 0.3 is 0 Å². The van der Waals surface area contributed by atoms with Gasteiger partial charge in [0.15, 0.2) is 17.1 Å². The molecule has 2 aromatic carbocycles. The zero-order valence-corrected chi connectivity index (χ0v) is 17.3. The maximum atomic E-state index is 10.9. The van der Waals surface area contributed by atoms with E-state index < -0.39 is 6.23 Å². The fourth-order valence-electron chi connectivity index (χ4n) is 2.84. The molecule has 0 saturated carbocycles. The third-order valence-electron chi connectivity index (χ3n) is 4.24. The number of aromatic hydroxyl groups is 1. The van der Waals surface area contributed by atoms with Crippen molar-refractivity contribution in [2.24, 2.45) is 4.99 Å². The van der Waals surface area contributed by atoms with Crippen LogP contribution in [0.3, 0.4) is 0 Å². The predicted octanol–water partition coefficient (Wildman–Crippen LogP) is 5.89. The second-order valence-corrected chi connectivity index (χ2v) is 8.15. The molecule has 1 aromatic heterocycles. The highest BCUT2D eigenvalue weighted by Gasteiger charge is 2.34. The number of phenols is 1. The van der Waals surface area contributed by atoms with E-state index in [4.69, 9.17) is 27.6 Å². The first-order valence-electron chi connectivity index (χ1n) is 8.69. The number of phenolic OH excluding ortho intramolecular Hbond substituents is 1. The fraction of sp³-hybridized carbons (Fsp3) is 0.0952. The summed E-state index contributed by atoms with van der Waals surface area (Å²) in [5.41, 5.74) is 1.45. The number of amidine groups is 1. The molecule has 1 aliphatic rings. The molecule has 1 atom stereocenters. The zero-order chi connectivity index (χ0) is 20.4. The summed E-state index contributed by atoms with van der Waals surface area (Å²) in [5, 5.41) is 21.6. The van der Waals surface area contributed by atoms with E-state index in [0.717, 1.165) is 5.69 Å². The van der Waals surface area contributed by atoms with Gasteiger partial charge in [0.25, 0.3) is 0 Å². The molecule has 1 unspecified atom stereocenters. The normalized spacial score (nSPS) is 19.4. The number of hydrogen-bond donors (Lipinski definition) is 2. The van der Waals surface area contributed by atoms with Crippen molar-refractivity contribution in [2.45, 2.75) is 12.8 Å². The van der Waals surface area contributed by atoms with E-state index in [1.165, 1.54) is 11.8 Å². The summed E-state index contributed by atoms with van der Waals surface area (Å²) in [5.74, 6) is 0.545. The van der Waals surface area contributed by atoms with E-state index in [0.29, 0.717) is 27.9 Å². The Morgan fingerprint density at radius 2 is 1.83 bits per heavy atom. The molecular weight excluding hydrogens is 431 g/mol. The highest BCUT2D eigenvalue weighted by molar-refractivity contribution is 8.17. The predicted molar refractivity (Wildman–Crippen MR) is 117 cm³/mol. The van der Waals surface area contributed by atoms with Crippen molar-refractivity contribution in [1.29, 1.82) is 0 Å². The minimum atomic E-state index is -0.918. The molecule has 148 valence electrons. The highest BCUT2D eigenvalue weighted by atomic mass is 35.5. The van der Waals surface area contributed by atoms with Gasteiger partial charge in [-0.05, 0) is 48.0 Å². The van der Waals surface area contributed by atoms with Crippen LogP contribution in [0, 0.1) is 0 Å². The van der Waals surface area contributed by atoms with Gasteiger partial charge in [-0.3, -0.25) is 0 Å². The number of thioether (sulfide) groups is 1.